The third-order valence-electron chi connectivity index (χ3n) is 4.10. The monoisotopic (exact) mass is 491 g/mol. The lowest BCUT2D eigenvalue weighted by Crippen LogP contribution is -2.24. The van der Waals surface area contributed by atoms with Crippen LogP contribution in [0.2, 0.25) is 5.02 Å². The molecule has 0 aliphatic carbocycles. The highest BCUT2D eigenvalue weighted by Gasteiger charge is 2.11. The average Bonchev–Trinajstić information content (AvgIpc) is 2.68. The van der Waals surface area contributed by atoms with Crippen molar-refractivity contribution in [2.45, 2.75) is 19.8 Å². The Kier molecular flexibility index (Phi) is 7.26. The minimum Gasteiger partial charge on any atom is -0.372 e. The summed E-state index contributed by atoms with van der Waals surface area (Å²) in [7, 11) is 0. The molecule has 138 valence electrons. The second-order valence-corrected chi connectivity index (χ2v) is 7.65. The molecule has 27 heavy (non-hydrogen) atoms. The molecule has 5 heteroatoms. The van der Waals surface area contributed by atoms with Crippen molar-refractivity contribution >= 4 is 40.1 Å². The summed E-state index contributed by atoms with van der Waals surface area (Å²) >= 11 is 8.08. The van der Waals surface area contributed by atoms with E-state index in [1.165, 1.54) is 0 Å². The van der Waals surface area contributed by atoms with Crippen molar-refractivity contribution in [3.05, 3.63) is 104 Å². The van der Waals surface area contributed by atoms with Gasteiger partial charge in [-0.25, -0.2) is 0 Å². The highest BCUT2D eigenvalue weighted by atomic mass is 127. The van der Waals surface area contributed by atoms with Gasteiger partial charge >= 0.3 is 0 Å². The molecular weight excluding hydrogens is 473 g/mol. The molecule has 3 aromatic carbocycles. The fourth-order valence-electron chi connectivity index (χ4n) is 2.67. The largest absolute Gasteiger partial charge is 0.372 e. The van der Waals surface area contributed by atoms with Gasteiger partial charge in [0, 0.05) is 15.1 Å². The van der Waals surface area contributed by atoms with Crippen LogP contribution < -0.4 is 5.32 Å². The second-order valence-electron chi connectivity index (χ2n) is 6.05. The summed E-state index contributed by atoms with van der Waals surface area (Å²) in [6.45, 7) is 1.51. The van der Waals surface area contributed by atoms with Crippen LogP contribution in [0.5, 0.6) is 0 Å². The summed E-state index contributed by atoms with van der Waals surface area (Å²) in [5.74, 6) is -0.115. The summed E-state index contributed by atoms with van der Waals surface area (Å²) in [6, 6.07) is 23.3. The number of carbonyl (C=O) groups excluding carboxylic acids is 1. The van der Waals surface area contributed by atoms with Crippen molar-refractivity contribution in [3.8, 4) is 0 Å². The Hall–Kier alpha value is -1.89. The van der Waals surface area contributed by atoms with E-state index in [1.807, 2.05) is 54.6 Å². The lowest BCUT2D eigenvalue weighted by molar-refractivity contribution is 0.0946. The predicted molar refractivity (Wildman–Crippen MR) is 117 cm³/mol. The standard InChI is InChI=1S/C22H19ClINO2/c23-19-10-11-20(21(24)12-19)22(26)25-13-17-8-4-5-9-18(17)15-27-14-16-6-2-1-3-7-16/h1-12H,13-15H2,(H,25,26). The zero-order valence-electron chi connectivity index (χ0n) is 14.6. The van der Waals surface area contributed by atoms with E-state index < -0.39 is 0 Å². The van der Waals surface area contributed by atoms with E-state index in [4.69, 9.17) is 16.3 Å². The second kappa shape index (κ2) is 9.88. The van der Waals surface area contributed by atoms with Crippen LogP contribution in [0.3, 0.4) is 0 Å². The topological polar surface area (TPSA) is 38.3 Å². The van der Waals surface area contributed by atoms with Crippen LogP contribution in [0.25, 0.3) is 0 Å². The maximum absolute atomic E-state index is 12.5. The van der Waals surface area contributed by atoms with Crippen molar-refractivity contribution in [3.63, 3.8) is 0 Å². The van der Waals surface area contributed by atoms with Crippen molar-refractivity contribution in [1.29, 1.82) is 0 Å². The van der Waals surface area contributed by atoms with Crippen LogP contribution in [0.1, 0.15) is 27.0 Å². The van der Waals surface area contributed by atoms with Gasteiger partial charge in [-0.1, -0.05) is 66.2 Å². The molecule has 1 amide bonds. The number of carbonyl (C=O) groups is 1. The third kappa shape index (κ3) is 5.79. The van der Waals surface area contributed by atoms with E-state index in [2.05, 4.69) is 27.9 Å². The van der Waals surface area contributed by atoms with E-state index in [1.54, 1.807) is 18.2 Å². The quantitative estimate of drug-likeness (QED) is 0.438. The van der Waals surface area contributed by atoms with Crippen molar-refractivity contribution in [2.75, 3.05) is 0 Å². The molecule has 0 spiro atoms. The van der Waals surface area contributed by atoms with Crippen LogP contribution in [0, 0.1) is 3.57 Å². The number of hydrogen-bond donors (Lipinski definition) is 1. The third-order valence-corrected chi connectivity index (χ3v) is 5.23. The number of hydrogen-bond acceptors (Lipinski definition) is 2. The Balaban J connectivity index is 1.59. The van der Waals surface area contributed by atoms with Crippen LogP contribution in [0.15, 0.2) is 72.8 Å². The summed E-state index contributed by atoms with van der Waals surface area (Å²) in [6.07, 6.45) is 0. The Morgan fingerprint density at radius 3 is 2.37 bits per heavy atom. The van der Waals surface area contributed by atoms with Crippen LogP contribution in [0.4, 0.5) is 0 Å². The summed E-state index contributed by atoms with van der Waals surface area (Å²) in [5, 5.41) is 3.60. The molecule has 0 bridgehead atoms. The molecule has 3 aromatic rings. The minimum atomic E-state index is -0.115. The number of rotatable bonds is 7. The van der Waals surface area contributed by atoms with Gasteiger partial charge in [0.1, 0.15) is 0 Å². The van der Waals surface area contributed by atoms with Gasteiger partial charge in [0.05, 0.1) is 18.8 Å². The molecule has 0 saturated heterocycles. The lowest BCUT2D eigenvalue weighted by Gasteiger charge is -2.12. The maximum Gasteiger partial charge on any atom is 0.252 e. The summed E-state index contributed by atoms with van der Waals surface area (Å²) < 4.78 is 6.67. The fourth-order valence-corrected chi connectivity index (χ4v) is 3.78. The van der Waals surface area contributed by atoms with Gasteiger partial charge < -0.3 is 10.1 Å². The minimum absolute atomic E-state index is 0.115. The van der Waals surface area contributed by atoms with E-state index >= 15 is 0 Å². The van der Waals surface area contributed by atoms with Gasteiger partial charge in [-0.3, -0.25) is 4.79 Å². The predicted octanol–water partition coefficient (Wildman–Crippen LogP) is 5.59. The number of ether oxygens (including phenoxy) is 1. The Morgan fingerprint density at radius 2 is 1.63 bits per heavy atom. The lowest BCUT2D eigenvalue weighted by atomic mass is 10.1. The highest BCUT2D eigenvalue weighted by molar-refractivity contribution is 14.1. The number of halogens is 2. The van der Waals surface area contributed by atoms with E-state index in [0.29, 0.717) is 30.3 Å². The first-order valence-electron chi connectivity index (χ1n) is 8.55. The van der Waals surface area contributed by atoms with E-state index in [-0.39, 0.29) is 5.91 Å². The first kappa shape index (κ1) is 19.9. The number of nitrogens with one attached hydrogen (secondary N) is 1. The molecule has 0 saturated carbocycles. The first-order valence-corrected chi connectivity index (χ1v) is 10.0. The smallest absolute Gasteiger partial charge is 0.252 e. The van der Waals surface area contributed by atoms with Gasteiger partial charge in [-0.15, -0.1) is 0 Å². The van der Waals surface area contributed by atoms with Gasteiger partial charge in [-0.2, -0.15) is 0 Å². The molecule has 0 aromatic heterocycles. The first-order chi connectivity index (χ1) is 13.1. The van der Waals surface area contributed by atoms with Crippen molar-refractivity contribution in [2.24, 2.45) is 0 Å². The van der Waals surface area contributed by atoms with E-state index in [9.17, 15) is 4.79 Å². The van der Waals surface area contributed by atoms with Gasteiger partial charge in [-0.05, 0) is 57.5 Å². The van der Waals surface area contributed by atoms with Crippen LogP contribution in [-0.2, 0) is 24.5 Å². The molecule has 0 radical (unpaired) electrons. The average molecular weight is 492 g/mol. The molecule has 0 heterocycles. The molecular formula is C22H19ClINO2. The van der Waals surface area contributed by atoms with Gasteiger partial charge in [0.25, 0.3) is 5.91 Å². The van der Waals surface area contributed by atoms with E-state index in [0.717, 1.165) is 20.3 Å². The molecule has 0 unspecified atom stereocenters. The molecule has 0 aliphatic rings. The maximum atomic E-state index is 12.5. The fraction of sp³-hybridized carbons (Fsp3) is 0.136. The molecule has 0 atom stereocenters. The van der Waals surface area contributed by atoms with Gasteiger partial charge in [0.2, 0.25) is 0 Å². The highest BCUT2D eigenvalue weighted by Crippen LogP contribution is 2.18. The van der Waals surface area contributed by atoms with Crippen LogP contribution >= 0.6 is 34.2 Å². The Morgan fingerprint density at radius 1 is 0.926 bits per heavy atom. The van der Waals surface area contributed by atoms with Crippen molar-refractivity contribution < 1.29 is 9.53 Å². The molecule has 3 rings (SSSR count). The number of benzene rings is 3. The van der Waals surface area contributed by atoms with Crippen molar-refractivity contribution in [1.82, 2.24) is 5.32 Å². The Bertz CT molecular complexity index is 915. The molecule has 0 fully saturated rings. The van der Waals surface area contributed by atoms with Gasteiger partial charge in [0.15, 0.2) is 0 Å². The molecule has 0 aliphatic heterocycles. The summed E-state index contributed by atoms with van der Waals surface area (Å²) in [4.78, 5) is 12.5. The summed E-state index contributed by atoms with van der Waals surface area (Å²) in [5.41, 5.74) is 3.88. The normalized spacial score (nSPS) is 10.6. The number of amides is 1. The Labute approximate surface area is 177 Å². The molecule has 1 N–H and O–H groups in total. The SMILES string of the molecule is O=C(NCc1ccccc1COCc1ccccc1)c1ccc(Cl)cc1I. The zero-order valence-corrected chi connectivity index (χ0v) is 17.5. The van der Waals surface area contributed by atoms with Crippen LogP contribution in [-0.4, -0.2) is 5.91 Å². The molecule has 3 nitrogen and oxygen atoms in total. The zero-order chi connectivity index (χ0) is 19.1.